The van der Waals surface area contributed by atoms with Crippen molar-refractivity contribution in [2.75, 3.05) is 0 Å². The molecule has 0 saturated heterocycles. The van der Waals surface area contributed by atoms with E-state index in [-0.39, 0.29) is 68.6 Å². The predicted octanol–water partition coefficient (Wildman–Crippen LogP) is 7.74. The van der Waals surface area contributed by atoms with E-state index in [2.05, 4.69) is 0 Å². The van der Waals surface area contributed by atoms with E-state index in [0.29, 0.717) is 33.6 Å². The topological polar surface area (TPSA) is 201 Å². The quantitative estimate of drug-likeness (QED) is 0.0765. The first-order chi connectivity index (χ1) is 25.4. The van der Waals surface area contributed by atoms with Crippen LogP contribution in [0.5, 0.6) is 63.2 Å². The molecule has 2 aliphatic rings. The van der Waals surface area contributed by atoms with Gasteiger partial charge in [0, 0.05) is 40.5 Å². The minimum Gasteiger partial charge on any atom is -0.508 e. The minimum atomic E-state index is -1.05. The molecular weight excluding hydrogens is 680 g/mol. The first kappa shape index (κ1) is 33.0. The number of rotatable bonds is 6. The Morgan fingerprint density at radius 2 is 0.943 bits per heavy atom. The van der Waals surface area contributed by atoms with E-state index in [4.69, 9.17) is 9.47 Å². The fraction of sp³-hybridized carbons (Fsp3) is 0.0952. The summed E-state index contributed by atoms with van der Waals surface area (Å²) in [4.78, 5) is 0. The molecular formula is C42H32O11. The molecule has 0 bridgehead atoms. The Bertz CT molecular complexity index is 2400. The first-order valence-electron chi connectivity index (χ1n) is 16.5. The van der Waals surface area contributed by atoms with Gasteiger partial charge in [0.25, 0.3) is 0 Å². The molecule has 11 heteroatoms. The second-order valence-corrected chi connectivity index (χ2v) is 13.1. The standard InChI is InChI=1S/C42H32O11/c43-24-5-3-20(4-6-24)1-2-21-11-34(51)38-35(12-21)52-41(36(38)22-13-26(45)17-27(46)14-22)31-9-10-32(49)39-37(23-15-28(47)18-29(48)16-23)40(53-42(31)39)30-8-7-25(44)19-33(30)50/h1-19,36-37,40-41,43-51H/t36-,37-,40+,41+/m1/s1. The van der Waals surface area contributed by atoms with Gasteiger partial charge in [0.1, 0.15) is 75.5 Å². The summed E-state index contributed by atoms with van der Waals surface area (Å²) in [6.07, 6.45) is 1.55. The number of phenols is 9. The highest BCUT2D eigenvalue weighted by Gasteiger charge is 2.47. The van der Waals surface area contributed by atoms with E-state index in [1.807, 2.05) is 0 Å². The molecule has 0 aromatic heterocycles. The third-order valence-electron chi connectivity index (χ3n) is 9.63. The van der Waals surface area contributed by atoms with E-state index in [1.54, 1.807) is 54.6 Å². The summed E-state index contributed by atoms with van der Waals surface area (Å²) in [6.45, 7) is 0. The van der Waals surface area contributed by atoms with Crippen LogP contribution in [0.2, 0.25) is 0 Å². The van der Waals surface area contributed by atoms with Gasteiger partial charge in [-0.05, 0) is 95.1 Å². The van der Waals surface area contributed by atoms with Crippen molar-refractivity contribution in [1.82, 2.24) is 0 Å². The van der Waals surface area contributed by atoms with Crippen LogP contribution in [0.3, 0.4) is 0 Å². The van der Waals surface area contributed by atoms with Gasteiger partial charge in [0.15, 0.2) is 0 Å². The van der Waals surface area contributed by atoms with Gasteiger partial charge in [-0.15, -0.1) is 0 Å². The van der Waals surface area contributed by atoms with Gasteiger partial charge < -0.3 is 55.4 Å². The molecule has 9 N–H and O–H groups in total. The average molecular weight is 713 g/mol. The summed E-state index contributed by atoms with van der Waals surface area (Å²) < 4.78 is 13.3. The van der Waals surface area contributed by atoms with E-state index in [1.165, 1.54) is 48.5 Å². The van der Waals surface area contributed by atoms with E-state index in [0.717, 1.165) is 17.7 Å². The van der Waals surface area contributed by atoms with Crippen LogP contribution < -0.4 is 9.47 Å². The number of fused-ring (bicyclic) bond motifs is 2. The van der Waals surface area contributed by atoms with E-state index >= 15 is 0 Å². The van der Waals surface area contributed by atoms with Crippen LogP contribution in [-0.4, -0.2) is 46.0 Å². The van der Waals surface area contributed by atoms with Crippen LogP contribution in [0, 0.1) is 0 Å². The minimum absolute atomic E-state index is 0.125. The summed E-state index contributed by atoms with van der Waals surface area (Å²) in [6, 6.07) is 25.0. The number of aromatic hydroxyl groups is 9. The molecule has 0 radical (unpaired) electrons. The second-order valence-electron chi connectivity index (χ2n) is 13.1. The monoisotopic (exact) mass is 712 g/mol. The van der Waals surface area contributed by atoms with Crippen molar-refractivity contribution in [3.05, 3.63) is 148 Å². The van der Waals surface area contributed by atoms with Gasteiger partial charge in [0.05, 0.1) is 11.8 Å². The lowest BCUT2D eigenvalue weighted by Gasteiger charge is -2.23. The Morgan fingerprint density at radius 3 is 1.57 bits per heavy atom. The molecule has 0 unspecified atom stereocenters. The SMILES string of the molecule is Oc1ccc(C=Cc2cc(O)c3c(c2)O[C@@H](c2ccc(O)c4c2O[C@@H](c2ccc(O)cc2O)[C@@H]4c2cc(O)cc(O)c2)[C@@H]3c2cc(O)cc(O)c2)cc1. The highest BCUT2D eigenvalue weighted by Crippen LogP contribution is 2.61. The van der Waals surface area contributed by atoms with Crippen LogP contribution >= 0.6 is 0 Å². The molecule has 4 atom stereocenters. The Labute approximate surface area is 302 Å². The lowest BCUT2D eigenvalue weighted by molar-refractivity contribution is 0.192. The van der Waals surface area contributed by atoms with Crippen LogP contribution in [0.4, 0.5) is 0 Å². The van der Waals surface area contributed by atoms with Crippen LogP contribution in [0.1, 0.15) is 68.6 Å². The third kappa shape index (κ3) is 5.93. The molecule has 8 rings (SSSR count). The molecule has 0 aliphatic carbocycles. The zero-order valence-corrected chi connectivity index (χ0v) is 27.6. The Balaban J connectivity index is 1.30. The number of benzene rings is 6. The first-order valence-corrected chi connectivity index (χ1v) is 16.5. The smallest absolute Gasteiger partial charge is 0.138 e. The van der Waals surface area contributed by atoms with Crippen molar-refractivity contribution in [3.8, 4) is 63.2 Å². The van der Waals surface area contributed by atoms with Crippen molar-refractivity contribution >= 4 is 12.2 Å². The fourth-order valence-corrected chi connectivity index (χ4v) is 7.42. The van der Waals surface area contributed by atoms with Crippen molar-refractivity contribution < 1.29 is 55.4 Å². The van der Waals surface area contributed by atoms with Crippen LogP contribution in [0.15, 0.2) is 103 Å². The second kappa shape index (κ2) is 12.6. The molecule has 266 valence electrons. The van der Waals surface area contributed by atoms with Crippen molar-refractivity contribution in [1.29, 1.82) is 0 Å². The Hall–Kier alpha value is -7.14. The zero-order chi connectivity index (χ0) is 37.1. The molecule has 0 fully saturated rings. The average Bonchev–Trinajstić information content (AvgIpc) is 3.68. The summed E-state index contributed by atoms with van der Waals surface area (Å²) >= 11 is 0. The lowest BCUT2D eigenvalue weighted by Crippen LogP contribution is -2.13. The highest BCUT2D eigenvalue weighted by atomic mass is 16.5. The van der Waals surface area contributed by atoms with Gasteiger partial charge in [-0.2, -0.15) is 0 Å². The molecule has 11 nitrogen and oxygen atoms in total. The van der Waals surface area contributed by atoms with E-state index in [9.17, 15) is 46.0 Å². The van der Waals surface area contributed by atoms with Gasteiger partial charge in [-0.25, -0.2) is 0 Å². The zero-order valence-electron chi connectivity index (χ0n) is 27.6. The molecule has 0 spiro atoms. The summed E-state index contributed by atoms with van der Waals surface area (Å²) in [5, 5.41) is 95.7. The van der Waals surface area contributed by atoms with Crippen molar-refractivity contribution in [2.45, 2.75) is 24.0 Å². The number of hydrogen-bond acceptors (Lipinski definition) is 11. The van der Waals surface area contributed by atoms with Crippen molar-refractivity contribution in [3.63, 3.8) is 0 Å². The van der Waals surface area contributed by atoms with Gasteiger partial charge >= 0.3 is 0 Å². The molecule has 53 heavy (non-hydrogen) atoms. The lowest BCUT2D eigenvalue weighted by atomic mass is 9.81. The largest absolute Gasteiger partial charge is 0.508 e. The summed E-state index contributed by atoms with van der Waals surface area (Å²) in [7, 11) is 0. The molecule has 0 saturated carbocycles. The van der Waals surface area contributed by atoms with E-state index < -0.39 is 24.0 Å². The predicted molar refractivity (Wildman–Crippen MR) is 193 cm³/mol. The summed E-state index contributed by atoms with van der Waals surface area (Å²) in [5.41, 5.74) is 3.40. The van der Waals surface area contributed by atoms with Gasteiger partial charge in [-0.3, -0.25) is 0 Å². The molecule has 0 amide bonds. The van der Waals surface area contributed by atoms with Crippen molar-refractivity contribution in [2.24, 2.45) is 0 Å². The highest BCUT2D eigenvalue weighted by molar-refractivity contribution is 5.73. The van der Waals surface area contributed by atoms with Gasteiger partial charge in [0.2, 0.25) is 0 Å². The van der Waals surface area contributed by atoms with Crippen LogP contribution in [0.25, 0.3) is 12.2 Å². The maximum atomic E-state index is 11.6. The maximum absolute atomic E-state index is 11.6. The number of ether oxygens (including phenoxy) is 2. The summed E-state index contributed by atoms with van der Waals surface area (Å²) in [5.74, 6) is -2.90. The Morgan fingerprint density at radius 1 is 0.396 bits per heavy atom. The molecule has 6 aromatic carbocycles. The molecule has 6 aromatic rings. The fourth-order valence-electron chi connectivity index (χ4n) is 7.42. The number of phenolic OH excluding ortho intramolecular Hbond substituents is 9. The number of hydrogen-bond donors (Lipinski definition) is 9. The van der Waals surface area contributed by atoms with Gasteiger partial charge in [-0.1, -0.05) is 24.3 Å². The van der Waals surface area contributed by atoms with Crippen LogP contribution in [-0.2, 0) is 0 Å². The molecule has 2 heterocycles. The third-order valence-corrected chi connectivity index (χ3v) is 9.63. The Kier molecular flexibility index (Phi) is 7.83. The molecule has 2 aliphatic heterocycles. The maximum Gasteiger partial charge on any atom is 0.138 e. The normalized spacial score (nSPS) is 18.7.